The predicted molar refractivity (Wildman–Crippen MR) is 128 cm³/mol. The van der Waals surface area contributed by atoms with Crippen LogP contribution in [0.2, 0.25) is 0 Å². The second kappa shape index (κ2) is 7.43. The van der Waals surface area contributed by atoms with Gasteiger partial charge in [-0.3, -0.25) is 4.98 Å². The lowest BCUT2D eigenvalue weighted by atomic mass is 9.83. The smallest absolute Gasteiger partial charge is 0.318 e. The molecule has 4 aromatic rings. The minimum Gasteiger partial charge on any atom is -0.508 e. The van der Waals surface area contributed by atoms with Gasteiger partial charge in [0, 0.05) is 47.2 Å². The maximum Gasteiger partial charge on any atom is 0.318 e. The van der Waals surface area contributed by atoms with Gasteiger partial charge in [-0.1, -0.05) is 12.0 Å². The van der Waals surface area contributed by atoms with Crippen LogP contribution in [-0.4, -0.2) is 51.8 Å². The molecular weight excluding hydrogens is 458 g/mol. The van der Waals surface area contributed by atoms with Crippen LogP contribution in [0.1, 0.15) is 5.56 Å². The summed E-state index contributed by atoms with van der Waals surface area (Å²) in [6.45, 7) is 1.67. The molecule has 2 fully saturated rings. The number of ether oxygens (including phenoxy) is 1. The van der Waals surface area contributed by atoms with E-state index < -0.39 is 11.6 Å². The molecule has 0 amide bonds. The standard InChI is InChI=1S/C25H18F2N4O2S/c1-3-15-18(26)5-4-13-6-14(32)7-16(19(13)15)21-20(27)22-17(8-28-21)23(30-24(29-22)33-2)31-9-25(10-31)11-34-12-25/h1,4-8,32H,9-12H2,2H3. The highest BCUT2D eigenvalue weighted by Gasteiger charge is 2.49. The van der Waals surface area contributed by atoms with Crippen molar-refractivity contribution in [1.82, 2.24) is 15.0 Å². The number of anilines is 1. The third-order valence-electron chi connectivity index (χ3n) is 6.45. The Labute approximate surface area is 198 Å². The average molecular weight is 477 g/mol. The summed E-state index contributed by atoms with van der Waals surface area (Å²) in [6, 6.07) is 5.51. The average Bonchev–Trinajstić information content (AvgIpc) is 2.77. The lowest BCUT2D eigenvalue weighted by Gasteiger charge is -2.55. The van der Waals surface area contributed by atoms with Gasteiger partial charge in [-0.05, 0) is 23.6 Å². The normalized spacial score (nSPS) is 16.4. The number of phenolic OH excluding ortho intramolecular Hbond substituents is 1. The zero-order chi connectivity index (χ0) is 23.6. The topological polar surface area (TPSA) is 71.4 Å². The Bertz CT molecular complexity index is 1540. The van der Waals surface area contributed by atoms with Gasteiger partial charge in [0.2, 0.25) is 0 Å². The summed E-state index contributed by atoms with van der Waals surface area (Å²) >= 11 is 1.92. The third-order valence-corrected chi connectivity index (χ3v) is 8.08. The van der Waals surface area contributed by atoms with E-state index in [1.54, 1.807) is 0 Å². The number of halogens is 2. The van der Waals surface area contributed by atoms with E-state index >= 15 is 4.39 Å². The van der Waals surface area contributed by atoms with Crippen LogP contribution < -0.4 is 9.64 Å². The Hall–Kier alpha value is -3.64. The summed E-state index contributed by atoms with van der Waals surface area (Å²) < 4.78 is 35.8. The Morgan fingerprint density at radius 2 is 2.00 bits per heavy atom. The maximum absolute atomic E-state index is 16.0. The summed E-state index contributed by atoms with van der Waals surface area (Å²) in [6.07, 6.45) is 7.08. The number of rotatable bonds is 3. The molecule has 1 N–H and O–H groups in total. The van der Waals surface area contributed by atoms with Gasteiger partial charge in [-0.15, -0.1) is 6.42 Å². The summed E-state index contributed by atoms with van der Waals surface area (Å²) in [5.74, 6) is 3.66. The molecule has 0 bridgehead atoms. The number of hydrogen-bond acceptors (Lipinski definition) is 7. The molecule has 1 spiro atoms. The summed E-state index contributed by atoms with van der Waals surface area (Å²) in [7, 11) is 1.43. The molecule has 2 aromatic heterocycles. The number of aromatic nitrogens is 3. The molecule has 0 saturated carbocycles. The van der Waals surface area contributed by atoms with E-state index in [2.05, 4.69) is 25.8 Å². The Kier molecular flexibility index (Phi) is 4.58. The molecule has 2 aliphatic heterocycles. The Morgan fingerprint density at radius 1 is 1.21 bits per heavy atom. The number of hydrogen-bond donors (Lipinski definition) is 1. The van der Waals surface area contributed by atoms with Gasteiger partial charge in [0.1, 0.15) is 28.6 Å². The molecule has 6 nitrogen and oxygen atoms in total. The van der Waals surface area contributed by atoms with Crippen LogP contribution in [-0.2, 0) is 0 Å². The van der Waals surface area contributed by atoms with Gasteiger partial charge >= 0.3 is 6.01 Å². The molecule has 170 valence electrons. The van der Waals surface area contributed by atoms with E-state index in [0.717, 1.165) is 24.6 Å². The number of phenols is 1. The fraction of sp³-hybridized carbons (Fsp3) is 0.240. The lowest BCUT2D eigenvalue weighted by molar-refractivity contribution is 0.270. The van der Waals surface area contributed by atoms with Crippen molar-refractivity contribution in [3.63, 3.8) is 0 Å². The molecule has 2 saturated heterocycles. The molecular formula is C25H18F2N4O2S. The van der Waals surface area contributed by atoms with E-state index in [0.29, 0.717) is 27.4 Å². The first-order valence-electron chi connectivity index (χ1n) is 10.6. The quantitative estimate of drug-likeness (QED) is 0.440. The van der Waals surface area contributed by atoms with Crippen molar-refractivity contribution in [1.29, 1.82) is 0 Å². The van der Waals surface area contributed by atoms with Crippen molar-refractivity contribution in [3.8, 4) is 35.4 Å². The fourth-order valence-corrected chi connectivity index (χ4v) is 5.93. The molecule has 0 atom stereocenters. The second-order valence-corrected chi connectivity index (χ2v) is 9.71. The van der Waals surface area contributed by atoms with Gasteiger partial charge in [0.05, 0.1) is 18.1 Å². The van der Waals surface area contributed by atoms with Crippen LogP contribution in [0, 0.1) is 29.4 Å². The molecule has 9 heteroatoms. The number of fused-ring (bicyclic) bond motifs is 2. The van der Waals surface area contributed by atoms with Crippen molar-refractivity contribution in [2.45, 2.75) is 0 Å². The number of terminal acetylenes is 1. The highest BCUT2D eigenvalue weighted by molar-refractivity contribution is 8.00. The highest BCUT2D eigenvalue weighted by atomic mass is 32.2. The fourth-order valence-electron chi connectivity index (χ4n) is 4.78. The number of pyridine rings is 1. The first-order chi connectivity index (χ1) is 16.4. The number of nitrogens with zero attached hydrogens (tertiary/aromatic N) is 4. The Morgan fingerprint density at radius 3 is 2.68 bits per heavy atom. The molecule has 0 aliphatic carbocycles. The van der Waals surface area contributed by atoms with Crippen molar-refractivity contribution < 1.29 is 18.6 Å². The van der Waals surface area contributed by atoms with Crippen LogP contribution in [0.3, 0.4) is 0 Å². The summed E-state index contributed by atoms with van der Waals surface area (Å²) in [5.41, 5.74) is 0.384. The number of methoxy groups -OCH3 is 1. The van der Waals surface area contributed by atoms with Crippen LogP contribution in [0.5, 0.6) is 11.8 Å². The zero-order valence-corrected chi connectivity index (χ0v) is 18.9. The second-order valence-electron chi connectivity index (χ2n) is 8.72. The van der Waals surface area contributed by atoms with E-state index in [1.807, 2.05) is 11.8 Å². The molecule has 0 unspecified atom stereocenters. The summed E-state index contributed by atoms with van der Waals surface area (Å²) in [5, 5.41) is 11.5. The predicted octanol–water partition coefficient (Wildman–Crippen LogP) is 4.37. The number of thioether (sulfide) groups is 1. The first kappa shape index (κ1) is 20.9. The van der Waals surface area contributed by atoms with Gasteiger partial charge in [-0.25, -0.2) is 8.78 Å². The molecule has 2 aromatic carbocycles. The van der Waals surface area contributed by atoms with E-state index in [9.17, 15) is 9.50 Å². The molecule has 34 heavy (non-hydrogen) atoms. The lowest BCUT2D eigenvalue weighted by Crippen LogP contribution is -2.63. The van der Waals surface area contributed by atoms with E-state index in [4.69, 9.17) is 11.2 Å². The van der Waals surface area contributed by atoms with Crippen LogP contribution in [0.15, 0.2) is 30.5 Å². The number of aromatic hydroxyl groups is 1. The van der Waals surface area contributed by atoms with Crippen molar-refractivity contribution in [2.24, 2.45) is 5.41 Å². The van der Waals surface area contributed by atoms with Crippen LogP contribution >= 0.6 is 11.8 Å². The molecule has 6 rings (SSSR count). The zero-order valence-electron chi connectivity index (χ0n) is 18.1. The van der Waals surface area contributed by atoms with Gasteiger partial charge in [0.15, 0.2) is 5.82 Å². The SMILES string of the molecule is C#Cc1c(F)ccc2cc(O)cc(-c3ncc4c(N5CC6(CSC6)C5)nc(OC)nc4c3F)c12. The Balaban J connectivity index is 1.58. The molecule has 2 aliphatic rings. The van der Waals surface area contributed by atoms with Crippen molar-refractivity contribution in [2.75, 3.05) is 36.6 Å². The van der Waals surface area contributed by atoms with E-state index in [-0.39, 0.29) is 34.1 Å². The van der Waals surface area contributed by atoms with Crippen LogP contribution in [0.4, 0.5) is 14.6 Å². The van der Waals surface area contributed by atoms with E-state index in [1.165, 1.54) is 37.6 Å². The van der Waals surface area contributed by atoms with Crippen molar-refractivity contribution >= 4 is 39.3 Å². The first-order valence-corrected chi connectivity index (χ1v) is 11.7. The maximum atomic E-state index is 16.0. The highest BCUT2D eigenvalue weighted by Crippen LogP contribution is 2.48. The van der Waals surface area contributed by atoms with Gasteiger partial charge in [-0.2, -0.15) is 21.7 Å². The van der Waals surface area contributed by atoms with Crippen molar-refractivity contribution in [3.05, 3.63) is 47.7 Å². The molecule has 4 heterocycles. The minimum atomic E-state index is -0.729. The summed E-state index contributed by atoms with van der Waals surface area (Å²) in [4.78, 5) is 15.2. The third kappa shape index (κ3) is 2.98. The van der Waals surface area contributed by atoms with Gasteiger partial charge in [0.25, 0.3) is 0 Å². The molecule has 0 radical (unpaired) electrons. The monoisotopic (exact) mass is 476 g/mol. The minimum absolute atomic E-state index is 0.0287. The van der Waals surface area contributed by atoms with Gasteiger partial charge < -0.3 is 14.7 Å². The van der Waals surface area contributed by atoms with Crippen LogP contribution in [0.25, 0.3) is 32.9 Å². The number of benzene rings is 2. The largest absolute Gasteiger partial charge is 0.508 e.